The molecular formula is C34H25BrCl2F6N8O2. The van der Waals surface area contributed by atoms with Crippen LogP contribution in [0.5, 0.6) is 0 Å². The summed E-state index contributed by atoms with van der Waals surface area (Å²) in [6.07, 6.45) is -7.01. The molecular weight excluding hydrogens is 817 g/mol. The quantitative estimate of drug-likeness (QED) is 0.112. The van der Waals surface area contributed by atoms with E-state index in [0.29, 0.717) is 10.7 Å². The fourth-order valence-electron chi connectivity index (χ4n) is 4.02. The number of nitrogens with one attached hydrogen (secondary N) is 1. The number of benzene rings is 2. The van der Waals surface area contributed by atoms with E-state index in [2.05, 4.69) is 40.9 Å². The lowest BCUT2D eigenvalue weighted by Gasteiger charge is -2.24. The molecule has 19 heteroatoms. The Kier molecular flexibility index (Phi) is 14.6. The molecule has 276 valence electrons. The van der Waals surface area contributed by atoms with Gasteiger partial charge >= 0.3 is 12.4 Å². The number of H-pyrrole nitrogens is 1. The van der Waals surface area contributed by atoms with Crippen LogP contribution in [0.4, 0.5) is 37.7 Å². The molecule has 2 aromatic carbocycles. The molecule has 0 aliphatic carbocycles. The van der Waals surface area contributed by atoms with Crippen molar-refractivity contribution in [3.8, 4) is 12.1 Å². The van der Waals surface area contributed by atoms with Gasteiger partial charge < -0.3 is 0 Å². The van der Waals surface area contributed by atoms with Crippen LogP contribution < -0.4 is 0 Å². The van der Waals surface area contributed by atoms with Crippen molar-refractivity contribution < 1.29 is 35.9 Å². The van der Waals surface area contributed by atoms with E-state index in [9.17, 15) is 35.9 Å². The molecule has 0 atom stereocenters. The second-order valence-corrected chi connectivity index (χ2v) is 14.5. The van der Waals surface area contributed by atoms with Crippen molar-refractivity contribution in [2.75, 3.05) is 0 Å². The van der Waals surface area contributed by atoms with Gasteiger partial charge in [0.1, 0.15) is 34.0 Å². The highest BCUT2D eigenvalue weighted by Crippen LogP contribution is 2.38. The van der Waals surface area contributed by atoms with Gasteiger partial charge in [-0.2, -0.15) is 47.1 Å². The van der Waals surface area contributed by atoms with Gasteiger partial charge in [-0.05, 0) is 38.8 Å². The van der Waals surface area contributed by atoms with E-state index in [1.54, 1.807) is 13.8 Å². The number of aromatic nitrogens is 4. The second kappa shape index (κ2) is 17.5. The zero-order valence-electron chi connectivity index (χ0n) is 27.9. The van der Waals surface area contributed by atoms with E-state index in [-0.39, 0.29) is 40.5 Å². The molecule has 0 aliphatic rings. The first kappa shape index (κ1) is 44.0. The van der Waals surface area contributed by atoms with Crippen molar-refractivity contribution in [3.05, 3.63) is 115 Å². The predicted molar refractivity (Wildman–Crippen MR) is 185 cm³/mol. The number of halogens is 9. The number of rotatable bonds is 7. The van der Waals surface area contributed by atoms with Gasteiger partial charge in [0, 0.05) is 19.0 Å². The predicted octanol–water partition coefficient (Wildman–Crippen LogP) is 10.0. The molecule has 4 rings (SSSR count). The van der Waals surface area contributed by atoms with Crippen LogP contribution >= 0.6 is 39.1 Å². The monoisotopic (exact) mass is 840 g/mol. The van der Waals surface area contributed by atoms with E-state index in [0.717, 1.165) is 24.3 Å². The van der Waals surface area contributed by atoms with Crippen molar-refractivity contribution in [2.45, 2.75) is 62.8 Å². The lowest BCUT2D eigenvalue weighted by atomic mass is 9.93. The molecule has 4 aromatic rings. The number of ketones is 2. The lowest BCUT2D eigenvalue weighted by molar-refractivity contribution is -0.137. The van der Waals surface area contributed by atoms with Gasteiger partial charge in [-0.25, -0.2) is 9.69 Å². The topological polar surface area (TPSA) is 137 Å². The number of carbonyl (C=O) groups is 2. The summed E-state index contributed by atoms with van der Waals surface area (Å²) in [5.41, 5.74) is -3.44. The first-order valence-electron chi connectivity index (χ1n) is 14.6. The Hall–Kier alpha value is -5.20. The van der Waals surface area contributed by atoms with Crippen LogP contribution in [0.2, 0.25) is 10.3 Å². The molecule has 0 unspecified atom stereocenters. The SMILES string of the molecule is N#Cc1cn[nH]c1Cl.[C-]#[N+]c1ccc(CC(=O)C(C)(C)Br)cc1C(F)(F)F.[C-]#[N+]c1ccc(CC(=O)C(C)(C)n2cc(C#N)c(Cl)n2)cc1C(F)(F)F. The summed E-state index contributed by atoms with van der Waals surface area (Å²) in [5, 5.41) is 27.2. The summed E-state index contributed by atoms with van der Waals surface area (Å²) in [6, 6.07) is 10.2. The van der Waals surface area contributed by atoms with Crippen molar-refractivity contribution >= 4 is 62.1 Å². The standard InChI is InChI=1S/C17H12ClF3N4O.C13H11BrF3NO.C4H2ClN3/c1-16(2,25-9-11(8-22)15(18)24-25)14(26)7-10-4-5-13(23-3)12(6-10)17(19,20)21;1-12(2,14)11(19)7-8-4-5-10(18-3)9(6-8)13(15,16)17;5-4-3(1-6)2-7-8-4/h4-6,9H,7H2,1-2H3;4-6H,7H2,1-2H3;2H,(H,7,8). The molecule has 1 N–H and O–H groups in total. The molecule has 2 aromatic heterocycles. The number of Topliss-reactive ketones (excluding diaryl/α,β-unsaturated/α-hetero) is 2. The number of hydrogen-bond donors (Lipinski definition) is 1. The van der Waals surface area contributed by atoms with Crippen molar-refractivity contribution in [1.82, 2.24) is 20.0 Å². The number of hydrogen-bond acceptors (Lipinski definition) is 6. The van der Waals surface area contributed by atoms with Crippen LogP contribution in [0.1, 0.15) is 61.1 Å². The molecule has 53 heavy (non-hydrogen) atoms. The Bertz CT molecular complexity index is 2160. The first-order valence-corrected chi connectivity index (χ1v) is 16.1. The number of aromatic amines is 1. The molecule has 0 aliphatic heterocycles. The Balaban J connectivity index is 0.000000313. The van der Waals surface area contributed by atoms with Crippen LogP contribution in [0.3, 0.4) is 0 Å². The second-order valence-electron chi connectivity index (χ2n) is 11.8. The minimum Gasteiger partial charge on any atom is -0.298 e. The van der Waals surface area contributed by atoms with Crippen LogP contribution in [0.15, 0.2) is 48.8 Å². The Labute approximate surface area is 317 Å². The maximum absolute atomic E-state index is 13.1. The number of nitriles is 2. The molecule has 0 radical (unpaired) electrons. The number of alkyl halides is 7. The van der Waals surface area contributed by atoms with E-state index < -0.39 is 50.5 Å². The summed E-state index contributed by atoms with van der Waals surface area (Å²) in [6.45, 7) is 19.9. The number of nitrogens with zero attached hydrogens (tertiary/aromatic N) is 7. The van der Waals surface area contributed by atoms with Gasteiger partial charge in [-0.3, -0.25) is 19.4 Å². The summed E-state index contributed by atoms with van der Waals surface area (Å²) in [7, 11) is 0. The van der Waals surface area contributed by atoms with Gasteiger partial charge in [-0.15, -0.1) is 0 Å². The Morgan fingerprint density at radius 1 is 0.849 bits per heavy atom. The third kappa shape index (κ3) is 11.9. The third-order valence-corrected chi connectivity index (χ3v) is 8.13. The zero-order chi connectivity index (χ0) is 40.5. The Morgan fingerprint density at radius 2 is 1.30 bits per heavy atom. The van der Waals surface area contributed by atoms with Gasteiger partial charge in [-0.1, -0.05) is 75.5 Å². The van der Waals surface area contributed by atoms with Gasteiger partial charge in [0.15, 0.2) is 28.1 Å². The highest BCUT2D eigenvalue weighted by molar-refractivity contribution is 9.10. The normalized spacial score (nSPS) is 11.3. The molecule has 0 saturated carbocycles. The molecule has 0 fully saturated rings. The molecule has 0 amide bonds. The summed E-state index contributed by atoms with van der Waals surface area (Å²) >= 11 is 14.4. The Morgan fingerprint density at radius 3 is 1.62 bits per heavy atom. The van der Waals surface area contributed by atoms with Crippen molar-refractivity contribution in [3.63, 3.8) is 0 Å². The van der Waals surface area contributed by atoms with Crippen LogP contribution in [-0.2, 0) is 40.3 Å². The van der Waals surface area contributed by atoms with Crippen LogP contribution in [0.25, 0.3) is 9.69 Å². The maximum Gasteiger partial charge on any atom is 0.407 e. The number of carbonyl (C=O) groups excluding carboxylic acids is 2. The van der Waals surface area contributed by atoms with E-state index in [1.807, 2.05) is 12.1 Å². The van der Waals surface area contributed by atoms with Gasteiger partial charge in [0.2, 0.25) is 0 Å². The van der Waals surface area contributed by atoms with Gasteiger partial charge in [0.25, 0.3) is 0 Å². The minimum absolute atomic E-state index is 0.0610. The average molecular weight is 842 g/mol. The van der Waals surface area contributed by atoms with E-state index >= 15 is 0 Å². The smallest absolute Gasteiger partial charge is 0.298 e. The highest BCUT2D eigenvalue weighted by atomic mass is 79.9. The molecule has 0 saturated heterocycles. The van der Waals surface area contributed by atoms with Crippen LogP contribution in [-0.4, -0.2) is 35.9 Å². The lowest BCUT2D eigenvalue weighted by Crippen LogP contribution is -2.37. The largest absolute Gasteiger partial charge is 0.407 e. The van der Waals surface area contributed by atoms with Crippen molar-refractivity contribution in [2.24, 2.45) is 0 Å². The zero-order valence-corrected chi connectivity index (χ0v) is 31.0. The summed E-state index contributed by atoms with van der Waals surface area (Å²) in [4.78, 5) is 30.1. The molecule has 2 heterocycles. The van der Waals surface area contributed by atoms with E-state index in [1.165, 1.54) is 43.1 Å². The van der Waals surface area contributed by atoms with E-state index in [4.69, 9.17) is 46.9 Å². The third-order valence-electron chi connectivity index (χ3n) is 7.12. The summed E-state index contributed by atoms with van der Waals surface area (Å²) in [5.74, 6) is -0.652. The molecule has 0 bridgehead atoms. The van der Waals surface area contributed by atoms with Gasteiger partial charge in [0.05, 0.1) is 34.8 Å². The minimum atomic E-state index is -4.69. The summed E-state index contributed by atoms with van der Waals surface area (Å²) < 4.78 is 77.8. The fourth-order valence-corrected chi connectivity index (χ4v) is 4.48. The van der Waals surface area contributed by atoms with Crippen LogP contribution in [0, 0.1) is 35.8 Å². The molecule has 0 spiro atoms. The first-order chi connectivity index (χ1) is 24.4. The fraction of sp³-hybridized carbons (Fsp3) is 0.294. The maximum atomic E-state index is 13.1. The molecule has 10 nitrogen and oxygen atoms in total. The van der Waals surface area contributed by atoms with Crippen molar-refractivity contribution in [1.29, 1.82) is 10.5 Å². The average Bonchev–Trinajstić information content (AvgIpc) is 3.68. The highest BCUT2D eigenvalue weighted by Gasteiger charge is 2.36.